The summed E-state index contributed by atoms with van der Waals surface area (Å²) in [4.78, 5) is -0.285. The molecule has 0 saturated heterocycles. The molecule has 4 nitrogen and oxygen atoms in total. The summed E-state index contributed by atoms with van der Waals surface area (Å²) in [5.41, 5.74) is -0.0284. The topological polar surface area (TPSA) is 67.2 Å². The van der Waals surface area contributed by atoms with Crippen molar-refractivity contribution in [1.29, 1.82) is 5.26 Å². The highest BCUT2D eigenvalue weighted by atomic mass is 35.7. The number of nitriles is 1. The zero-order chi connectivity index (χ0) is 10.8. The Morgan fingerprint density at radius 2 is 2.14 bits per heavy atom. The quantitative estimate of drug-likeness (QED) is 0.724. The van der Waals surface area contributed by atoms with Gasteiger partial charge in [0, 0.05) is 10.7 Å². The fraction of sp³-hybridized carbons (Fsp3) is 0.125. The largest absolute Gasteiger partial charge is 0.495 e. The molecule has 0 aliphatic rings. The van der Waals surface area contributed by atoms with Crippen molar-refractivity contribution < 1.29 is 13.2 Å². The zero-order valence-electron chi connectivity index (χ0n) is 7.19. The van der Waals surface area contributed by atoms with E-state index in [-0.39, 0.29) is 16.2 Å². The van der Waals surface area contributed by atoms with Gasteiger partial charge in [0.2, 0.25) is 0 Å². The minimum Gasteiger partial charge on any atom is -0.495 e. The van der Waals surface area contributed by atoms with E-state index in [1.165, 1.54) is 25.3 Å². The van der Waals surface area contributed by atoms with Gasteiger partial charge in [-0.15, -0.1) is 0 Å². The maximum absolute atomic E-state index is 11.1. The van der Waals surface area contributed by atoms with Crippen LogP contribution < -0.4 is 4.74 Å². The van der Waals surface area contributed by atoms with E-state index in [9.17, 15) is 8.42 Å². The Balaban J connectivity index is 3.61. The third-order valence-electron chi connectivity index (χ3n) is 1.56. The number of methoxy groups -OCH3 is 1. The Morgan fingerprint density at radius 3 is 2.57 bits per heavy atom. The SMILES string of the molecule is COc1cccc(C#N)c1S(=O)(=O)Cl. The predicted octanol–water partition coefficient (Wildman–Crippen LogP) is 1.49. The summed E-state index contributed by atoms with van der Waals surface area (Å²) < 4.78 is 27.1. The third kappa shape index (κ3) is 1.97. The highest BCUT2D eigenvalue weighted by molar-refractivity contribution is 8.13. The van der Waals surface area contributed by atoms with Crippen molar-refractivity contribution in [2.75, 3.05) is 7.11 Å². The minimum atomic E-state index is -3.96. The molecule has 0 heterocycles. The van der Waals surface area contributed by atoms with Crippen molar-refractivity contribution in [1.82, 2.24) is 0 Å². The van der Waals surface area contributed by atoms with E-state index in [0.717, 1.165) is 0 Å². The average molecular weight is 232 g/mol. The van der Waals surface area contributed by atoms with E-state index in [1.807, 2.05) is 0 Å². The lowest BCUT2D eigenvalue weighted by Gasteiger charge is -2.05. The molecule has 0 fully saturated rings. The molecule has 0 unspecified atom stereocenters. The fourth-order valence-electron chi connectivity index (χ4n) is 1.02. The second kappa shape index (κ2) is 3.86. The molecule has 1 aromatic rings. The van der Waals surface area contributed by atoms with Crippen LogP contribution in [0.5, 0.6) is 5.75 Å². The molecule has 0 N–H and O–H groups in total. The van der Waals surface area contributed by atoms with Gasteiger partial charge in [-0.1, -0.05) is 6.07 Å². The van der Waals surface area contributed by atoms with Crippen LogP contribution in [-0.2, 0) is 9.05 Å². The van der Waals surface area contributed by atoms with Gasteiger partial charge in [0.05, 0.1) is 12.7 Å². The first-order valence-corrected chi connectivity index (χ1v) is 5.83. The lowest BCUT2D eigenvalue weighted by Crippen LogP contribution is -1.99. The molecule has 74 valence electrons. The van der Waals surface area contributed by atoms with Crippen LogP contribution in [0.15, 0.2) is 23.1 Å². The second-order valence-electron chi connectivity index (χ2n) is 2.39. The summed E-state index contributed by atoms with van der Waals surface area (Å²) in [6.07, 6.45) is 0. The molecule has 0 amide bonds. The van der Waals surface area contributed by atoms with Crippen molar-refractivity contribution in [3.8, 4) is 11.8 Å². The van der Waals surface area contributed by atoms with Crippen LogP contribution in [0.4, 0.5) is 0 Å². The van der Waals surface area contributed by atoms with Gasteiger partial charge in [0.1, 0.15) is 16.7 Å². The van der Waals surface area contributed by atoms with Crippen LogP contribution in [0.2, 0.25) is 0 Å². The monoisotopic (exact) mass is 231 g/mol. The summed E-state index contributed by atoms with van der Waals surface area (Å²) in [7, 11) is 2.51. The average Bonchev–Trinajstić information content (AvgIpc) is 2.15. The first kappa shape index (κ1) is 10.8. The number of halogens is 1. The molecule has 0 aliphatic carbocycles. The summed E-state index contributed by atoms with van der Waals surface area (Å²) in [6.45, 7) is 0. The van der Waals surface area contributed by atoms with Crippen molar-refractivity contribution in [3.63, 3.8) is 0 Å². The Bertz CT molecular complexity index is 490. The van der Waals surface area contributed by atoms with Gasteiger partial charge in [-0.25, -0.2) is 8.42 Å². The van der Waals surface area contributed by atoms with E-state index in [2.05, 4.69) is 0 Å². The normalized spacial score (nSPS) is 10.6. The third-order valence-corrected chi connectivity index (χ3v) is 2.93. The van der Waals surface area contributed by atoms with Crippen LogP contribution in [0.25, 0.3) is 0 Å². The zero-order valence-corrected chi connectivity index (χ0v) is 8.76. The molecule has 1 rings (SSSR count). The van der Waals surface area contributed by atoms with E-state index < -0.39 is 9.05 Å². The maximum Gasteiger partial charge on any atom is 0.266 e. The molecule has 0 aromatic heterocycles. The highest BCUT2D eigenvalue weighted by Crippen LogP contribution is 2.29. The predicted molar refractivity (Wildman–Crippen MR) is 50.7 cm³/mol. The summed E-state index contributed by atoms with van der Waals surface area (Å²) >= 11 is 0. The van der Waals surface area contributed by atoms with Crippen molar-refractivity contribution in [2.45, 2.75) is 4.90 Å². The van der Waals surface area contributed by atoms with Gasteiger partial charge in [0.15, 0.2) is 0 Å². The smallest absolute Gasteiger partial charge is 0.266 e. The standard InChI is InChI=1S/C8H6ClNO3S/c1-13-7-4-2-3-6(5-10)8(7)14(9,11)12/h2-4H,1H3. The first-order valence-electron chi connectivity index (χ1n) is 3.52. The Morgan fingerprint density at radius 1 is 1.50 bits per heavy atom. The lowest BCUT2D eigenvalue weighted by molar-refractivity contribution is 0.403. The number of hydrogen-bond donors (Lipinski definition) is 0. The van der Waals surface area contributed by atoms with Gasteiger partial charge in [-0.05, 0) is 12.1 Å². The van der Waals surface area contributed by atoms with Crippen LogP contribution in [0.3, 0.4) is 0 Å². The van der Waals surface area contributed by atoms with Crippen LogP contribution in [-0.4, -0.2) is 15.5 Å². The van der Waals surface area contributed by atoms with Gasteiger partial charge in [-0.2, -0.15) is 5.26 Å². The van der Waals surface area contributed by atoms with E-state index in [4.69, 9.17) is 20.7 Å². The lowest BCUT2D eigenvalue weighted by atomic mass is 10.2. The number of ether oxygens (including phenoxy) is 1. The van der Waals surface area contributed by atoms with Gasteiger partial charge in [-0.3, -0.25) is 0 Å². The maximum atomic E-state index is 11.1. The number of nitrogens with zero attached hydrogens (tertiary/aromatic N) is 1. The van der Waals surface area contributed by atoms with Crippen molar-refractivity contribution >= 4 is 19.7 Å². The van der Waals surface area contributed by atoms with Crippen LogP contribution in [0, 0.1) is 11.3 Å². The molecule has 0 radical (unpaired) electrons. The number of rotatable bonds is 2. The van der Waals surface area contributed by atoms with E-state index in [1.54, 1.807) is 6.07 Å². The van der Waals surface area contributed by atoms with E-state index in [0.29, 0.717) is 0 Å². The van der Waals surface area contributed by atoms with Gasteiger partial charge >= 0.3 is 0 Å². The first-order chi connectivity index (χ1) is 6.50. The number of benzene rings is 1. The molecule has 6 heteroatoms. The molecule has 0 spiro atoms. The van der Waals surface area contributed by atoms with Crippen molar-refractivity contribution in [3.05, 3.63) is 23.8 Å². The van der Waals surface area contributed by atoms with Crippen molar-refractivity contribution in [2.24, 2.45) is 0 Å². The summed E-state index contributed by atoms with van der Waals surface area (Å²) in [5.74, 6) is 0.0686. The molecule has 1 aromatic carbocycles. The fourth-order valence-corrected chi connectivity index (χ4v) is 2.26. The molecular weight excluding hydrogens is 226 g/mol. The molecule has 14 heavy (non-hydrogen) atoms. The van der Waals surface area contributed by atoms with Crippen LogP contribution >= 0.6 is 10.7 Å². The van der Waals surface area contributed by atoms with Gasteiger partial charge < -0.3 is 4.74 Å². The second-order valence-corrected chi connectivity index (χ2v) is 4.89. The van der Waals surface area contributed by atoms with Crippen LogP contribution in [0.1, 0.15) is 5.56 Å². The minimum absolute atomic E-state index is 0.0284. The summed E-state index contributed by atoms with van der Waals surface area (Å²) in [6, 6.07) is 6.04. The summed E-state index contributed by atoms with van der Waals surface area (Å²) in [5, 5.41) is 8.67. The molecule has 0 bridgehead atoms. The molecule has 0 atom stereocenters. The molecule has 0 saturated carbocycles. The molecular formula is C8H6ClNO3S. The Labute approximate surface area is 86.1 Å². The highest BCUT2D eigenvalue weighted by Gasteiger charge is 2.20. The van der Waals surface area contributed by atoms with Gasteiger partial charge in [0.25, 0.3) is 9.05 Å². The number of hydrogen-bond acceptors (Lipinski definition) is 4. The molecule has 0 aliphatic heterocycles. The van der Waals surface area contributed by atoms with E-state index >= 15 is 0 Å². The Hall–Kier alpha value is -1.25. The Kier molecular flexibility index (Phi) is 2.99.